The first kappa shape index (κ1) is 22.3. The summed E-state index contributed by atoms with van der Waals surface area (Å²) in [6.07, 6.45) is 1.80. The number of thiazole rings is 1. The van der Waals surface area contributed by atoms with E-state index in [0.29, 0.717) is 11.4 Å². The Hall–Kier alpha value is -2.95. The molecule has 2 aromatic carbocycles. The zero-order valence-corrected chi connectivity index (χ0v) is 19.3. The van der Waals surface area contributed by atoms with Crippen LogP contribution in [0.15, 0.2) is 71.1 Å². The first-order valence-electron chi connectivity index (χ1n) is 10.2. The van der Waals surface area contributed by atoms with Crippen molar-refractivity contribution in [2.45, 2.75) is 4.90 Å². The Morgan fingerprint density at radius 1 is 1.09 bits per heavy atom. The highest BCUT2D eigenvalue weighted by Crippen LogP contribution is 2.24. The van der Waals surface area contributed by atoms with Crippen molar-refractivity contribution in [3.63, 3.8) is 0 Å². The molecule has 1 fully saturated rings. The minimum atomic E-state index is -3.74. The van der Waals surface area contributed by atoms with E-state index >= 15 is 0 Å². The molecular weight excluding hydrogens is 446 g/mol. The monoisotopic (exact) mass is 471 g/mol. The summed E-state index contributed by atoms with van der Waals surface area (Å²) in [7, 11) is -2.23. The zero-order chi connectivity index (χ0) is 22.6. The number of anilines is 3. The predicted molar refractivity (Wildman–Crippen MR) is 128 cm³/mol. The van der Waals surface area contributed by atoms with Crippen LogP contribution in [-0.4, -0.2) is 64.0 Å². The van der Waals surface area contributed by atoms with Gasteiger partial charge in [0, 0.05) is 50.5 Å². The van der Waals surface area contributed by atoms with Crippen molar-refractivity contribution in [3.05, 3.63) is 66.2 Å². The van der Waals surface area contributed by atoms with Crippen LogP contribution >= 0.6 is 11.3 Å². The van der Waals surface area contributed by atoms with Gasteiger partial charge in [-0.05, 0) is 30.3 Å². The number of sulfonamides is 1. The third-order valence-electron chi connectivity index (χ3n) is 5.33. The summed E-state index contributed by atoms with van der Waals surface area (Å²) in [5.41, 5.74) is 1.03. The molecule has 8 nitrogen and oxygen atoms in total. The van der Waals surface area contributed by atoms with E-state index in [1.807, 2.05) is 11.4 Å². The molecule has 4 rings (SSSR count). The number of benzene rings is 2. The van der Waals surface area contributed by atoms with Gasteiger partial charge in [-0.2, -0.15) is 0 Å². The number of amides is 1. The van der Waals surface area contributed by atoms with Gasteiger partial charge in [0.05, 0.1) is 17.1 Å². The second kappa shape index (κ2) is 9.68. The van der Waals surface area contributed by atoms with E-state index in [2.05, 4.69) is 20.1 Å². The summed E-state index contributed by atoms with van der Waals surface area (Å²) >= 11 is 1.61. The first-order valence-corrected chi connectivity index (χ1v) is 12.6. The summed E-state index contributed by atoms with van der Waals surface area (Å²) in [6.45, 7) is 3.43. The fourth-order valence-electron chi connectivity index (χ4n) is 3.54. The maximum atomic E-state index is 13.0. The average Bonchev–Trinajstić information content (AvgIpc) is 3.35. The molecule has 1 amide bonds. The SMILES string of the molecule is CN(c1ccccc1)S(=O)(=O)c1cccc(NC(=O)CN2CCN(c3nccs3)CC2)c1. The van der Waals surface area contributed by atoms with Crippen molar-refractivity contribution in [1.29, 1.82) is 0 Å². The highest BCUT2D eigenvalue weighted by atomic mass is 32.2. The van der Waals surface area contributed by atoms with Crippen LogP contribution in [0.4, 0.5) is 16.5 Å². The Bertz CT molecular complexity index is 1150. The number of nitrogens with one attached hydrogen (secondary N) is 1. The molecule has 10 heteroatoms. The van der Waals surface area contributed by atoms with E-state index in [1.165, 1.54) is 23.5 Å². The number of para-hydroxylation sites is 1. The molecule has 2 heterocycles. The molecular formula is C22H25N5O3S2. The predicted octanol–water partition coefficient (Wildman–Crippen LogP) is 2.73. The van der Waals surface area contributed by atoms with Crippen molar-refractivity contribution in [2.75, 3.05) is 54.3 Å². The van der Waals surface area contributed by atoms with E-state index in [1.54, 1.807) is 53.9 Å². The van der Waals surface area contributed by atoms with Gasteiger partial charge in [0.25, 0.3) is 10.0 Å². The standard InChI is InChI=1S/C22H25N5O3S2/c1-25(19-7-3-2-4-8-19)32(29,30)20-9-5-6-18(16-20)24-21(28)17-26-11-13-27(14-12-26)22-23-10-15-31-22/h2-10,15-16H,11-14,17H2,1H3,(H,24,28). The minimum absolute atomic E-state index is 0.124. The Morgan fingerprint density at radius 2 is 1.84 bits per heavy atom. The van der Waals surface area contributed by atoms with E-state index in [0.717, 1.165) is 31.3 Å². The van der Waals surface area contributed by atoms with Crippen LogP contribution < -0.4 is 14.5 Å². The lowest BCUT2D eigenvalue weighted by molar-refractivity contribution is -0.117. The molecule has 1 aromatic heterocycles. The smallest absolute Gasteiger partial charge is 0.264 e. The lowest BCUT2D eigenvalue weighted by Crippen LogP contribution is -2.48. The first-order chi connectivity index (χ1) is 15.4. The van der Waals surface area contributed by atoms with Gasteiger partial charge in [0.1, 0.15) is 0 Å². The minimum Gasteiger partial charge on any atom is -0.346 e. The van der Waals surface area contributed by atoms with Gasteiger partial charge in [0.2, 0.25) is 5.91 Å². The molecule has 1 N–H and O–H groups in total. The van der Waals surface area contributed by atoms with Gasteiger partial charge in [0.15, 0.2) is 5.13 Å². The maximum Gasteiger partial charge on any atom is 0.264 e. The summed E-state index contributed by atoms with van der Waals surface area (Å²) < 4.78 is 27.3. The summed E-state index contributed by atoms with van der Waals surface area (Å²) in [4.78, 5) is 21.3. The van der Waals surface area contributed by atoms with E-state index < -0.39 is 10.0 Å². The van der Waals surface area contributed by atoms with E-state index in [4.69, 9.17) is 0 Å². The van der Waals surface area contributed by atoms with Crippen LogP contribution in [0.3, 0.4) is 0 Å². The maximum absolute atomic E-state index is 13.0. The summed E-state index contributed by atoms with van der Waals surface area (Å²) in [5.74, 6) is -0.168. The molecule has 0 atom stereocenters. The van der Waals surface area contributed by atoms with Crippen LogP contribution in [-0.2, 0) is 14.8 Å². The molecule has 0 saturated carbocycles. The van der Waals surface area contributed by atoms with Crippen molar-refractivity contribution < 1.29 is 13.2 Å². The molecule has 0 radical (unpaired) electrons. The van der Waals surface area contributed by atoms with Gasteiger partial charge in [-0.3, -0.25) is 14.0 Å². The van der Waals surface area contributed by atoms with E-state index in [-0.39, 0.29) is 17.3 Å². The average molecular weight is 472 g/mol. The van der Waals surface area contributed by atoms with E-state index in [9.17, 15) is 13.2 Å². The number of carbonyl (C=O) groups excluding carboxylic acids is 1. The summed E-state index contributed by atoms with van der Waals surface area (Å²) in [6, 6.07) is 15.2. The molecule has 32 heavy (non-hydrogen) atoms. The fraction of sp³-hybridized carbons (Fsp3) is 0.273. The Balaban J connectivity index is 1.36. The van der Waals surface area contributed by atoms with Gasteiger partial charge in [-0.1, -0.05) is 24.3 Å². The van der Waals surface area contributed by atoms with Gasteiger partial charge >= 0.3 is 0 Å². The molecule has 0 aliphatic carbocycles. The molecule has 1 saturated heterocycles. The quantitative estimate of drug-likeness (QED) is 0.570. The van der Waals surface area contributed by atoms with Crippen LogP contribution in [0.1, 0.15) is 0 Å². The topological polar surface area (TPSA) is 85.8 Å². The molecule has 0 bridgehead atoms. The van der Waals surface area contributed by atoms with Crippen molar-refractivity contribution in [2.24, 2.45) is 0 Å². The highest BCUT2D eigenvalue weighted by Gasteiger charge is 2.23. The van der Waals surface area contributed by atoms with Crippen LogP contribution in [0, 0.1) is 0 Å². The molecule has 0 spiro atoms. The Labute approximate surface area is 192 Å². The number of aromatic nitrogens is 1. The third kappa shape index (κ3) is 5.09. The number of piperazine rings is 1. The van der Waals surface area contributed by atoms with Crippen molar-refractivity contribution >= 4 is 43.8 Å². The lowest BCUT2D eigenvalue weighted by Gasteiger charge is -2.34. The largest absolute Gasteiger partial charge is 0.346 e. The number of nitrogens with zero attached hydrogens (tertiary/aromatic N) is 4. The molecule has 1 aliphatic rings. The van der Waals surface area contributed by atoms with Gasteiger partial charge < -0.3 is 10.2 Å². The lowest BCUT2D eigenvalue weighted by atomic mass is 10.3. The number of carbonyl (C=O) groups is 1. The number of hydrogen-bond donors (Lipinski definition) is 1. The van der Waals surface area contributed by atoms with Crippen LogP contribution in [0.2, 0.25) is 0 Å². The Morgan fingerprint density at radius 3 is 2.53 bits per heavy atom. The summed E-state index contributed by atoms with van der Waals surface area (Å²) in [5, 5.41) is 5.80. The van der Waals surface area contributed by atoms with Crippen LogP contribution in [0.5, 0.6) is 0 Å². The van der Waals surface area contributed by atoms with Crippen LogP contribution in [0.25, 0.3) is 0 Å². The zero-order valence-electron chi connectivity index (χ0n) is 17.7. The highest BCUT2D eigenvalue weighted by molar-refractivity contribution is 7.92. The van der Waals surface area contributed by atoms with Gasteiger partial charge in [-0.15, -0.1) is 11.3 Å². The molecule has 3 aromatic rings. The normalized spacial score (nSPS) is 14.8. The second-order valence-electron chi connectivity index (χ2n) is 7.46. The fourth-order valence-corrected chi connectivity index (χ4v) is 5.48. The Kier molecular flexibility index (Phi) is 6.73. The van der Waals surface area contributed by atoms with Crippen molar-refractivity contribution in [3.8, 4) is 0 Å². The second-order valence-corrected chi connectivity index (χ2v) is 10.3. The number of hydrogen-bond acceptors (Lipinski definition) is 7. The van der Waals surface area contributed by atoms with Crippen molar-refractivity contribution in [1.82, 2.24) is 9.88 Å². The number of rotatable bonds is 7. The molecule has 168 valence electrons. The third-order valence-corrected chi connectivity index (χ3v) is 7.94. The van der Waals surface area contributed by atoms with Gasteiger partial charge in [-0.25, -0.2) is 13.4 Å². The molecule has 1 aliphatic heterocycles. The molecule has 0 unspecified atom stereocenters.